The molecule has 0 spiro atoms. The highest BCUT2D eigenvalue weighted by Crippen LogP contribution is 2.54. The topological polar surface area (TPSA) is 63.4 Å². The zero-order valence-electron chi connectivity index (χ0n) is 17.8. The molecule has 1 fully saturated rings. The van der Waals surface area contributed by atoms with Crippen LogP contribution in [-0.4, -0.2) is 41.7 Å². The number of primary amides is 1. The summed E-state index contributed by atoms with van der Waals surface area (Å²) in [7, 11) is 0. The molecule has 2 unspecified atom stereocenters. The quantitative estimate of drug-likeness (QED) is 0.585. The van der Waals surface area contributed by atoms with Gasteiger partial charge in [-0.2, -0.15) is 26.3 Å². The monoisotopic (exact) mass is 506 g/mol. The third-order valence-electron chi connectivity index (χ3n) is 6.72. The molecule has 2 aliphatic rings. The van der Waals surface area contributed by atoms with Crippen molar-refractivity contribution in [2.45, 2.75) is 49.2 Å². The zero-order chi connectivity index (χ0) is 25.9. The standard InChI is InChI=1S/C23H18F8N2O2/c24-17-10-12(1-4-16(17)19(32)34)20(35)33-8-7-15-14-5-3-13(9-11(14)2-6-18(15)33)21(25,22(26,27)28)23(29,30)31/h1,3-5,9-10,15,18H,2,6-8H2,(H2,32,34). The fourth-order valence-corrected chi connectivity index (χ4v) is 5.03. The van der Waals surface area contributed by atoms with Gasteiger partial charge in [0.1, 0.15) is 5.82 Å². The van der Waals surface area contributed by atoms with Gasteiger partial charge in [0.2, 0.25) is 0 Å². The van der Waals surface area contributed by atoms with Crippen molar-refractivity contribution in [1.82, 2.24) is 4.90 Å². The van der Waals surface area contributed by atoms with Crippen LogP contribution in [0, 0.1) is 5.82 Å². The van der Waals surface area contributed by atoms with Crippen LogP contribution in [0.2, 0.25) is 0 Å². The van der Waals surface area contributed by atoms with E-state index in [1.54, 1.807) is 0 Å². The number of carbonyl (C=O) groups excluding carboxylic acids is 2. The Bertz CT molecular complexity index is 1180. The first kappa shape index (κ1) is 24.9. The summed E-state index contributed by atoms with van der Waals surface area (Å²) in [5.41, 5.74) is -1.80. The van der Waals surface area contributed by atoms with Crippen LogP contribution in [-0.2, 0) is 12.1 Å². The lowest BCUT2D eigenvalue weighted by Gasteiger charge is -2.35. The van der Waals surface area contributed by atoms with Gasteiger partial charge in [0.15, 0.2) is 0 Å². The first-order valence-corrected chi connectivity index (χ1v) is 10.5. The molecule has 35 heavy (non-hydrogen) atoms. The number of fused-ring (bicyclic) bond motifs is 3. The zero-order valence-corrected chi connectivity index (χ0v) is 17.8. The van der Waals surface area contributed by atoms with Crippen molar-refractivity contribution in [2.24, 2.45) is 5.73 Å². The van der Waals surface area contributed by atoms with Crippen LogP contribution >= 0.6 is 0 Å². The number of nitrogens with zero attached hydrogens (tertiary/aromatic N) is 1. The van der Waals surface area contributed by atoms with Crippen LogP contribution in [0.15, 0.2) is 36.4 Å². The van der Waals surface area contributed by atoms with Gasteiger partial charge in [-0.05, 0) is 48.6 Å². The third-order valence-corrected chi connectivity index (χ3v) is 6.72. The normalized spacial score (nSPS) is 20.4. The first-order valence-electron chi connectivity index (χ1n) is 10.5. The largest absolute Gasteiger partial charge is 0.435 e. The highest BCUT2D eigenvalue weighted by atomic mass is 19.4. The molecule has 12 heteroatoms. The Morgan fingerprint density at radius 2 is 1.57 bits per heavy atom. The molecule has 1 heterocycles. The highest BCUT2D eigenvalue weighted by molar-refractivity contribution is 5.97. The Balaban J connectivity index is 1.62. The van der Waals surface area contributed by atoms with Crippen molar-refractivity contribution in [3.63, 3.8) is 0 Å². The summed E-state index contributed by atoms with van der Waals surface area (Å²) < 4.78 is 107. The molecular weight excluding hydrogens is 488 g/mol. The van der Waals surface area contributed by atoms with Crippen LogP contribution in [0.25, 0.3) is 0 Å². The Morgan fingerprint density at radius 3 is 2.14 bits per heavy atom. The molecule has 4 nitrogen and oxygen atoms in total. The number of rotatable bonds is 3. The first-order chi connectivity index (χ1) is 16.2. The Kier molecular flexibility index (Phi) is 5.84. The van der Waals surface area contributed by atoms with Gasteiger partial charge >= 0.3 is 18.0 Å². The van der Waals surface area contributed by atoms with Gasteiger partial charge in [0, 0.05) is 29.6 Å². The molecule has 0 aromatic heterocycles. The summed E-state index contributed by atoms with van der Waals surface area (Å²) in [5.74, 6) is -2.90. The molecule has 0 bridgehead atoms. The maximum absolute atomic E-state index is 14.5. The highest BCUT2D eigenvalue weighted by Gasteiger charge is 2.73. The molecule has 2 atom stereocenters. The van der Waals surface area contributed by atoms with Gasteiger partial charge in [-0.3, -0.25) is 9.59 Å². The molecule has 1 aliphatic carbocycles. The number of benzene rings is 2. The fourth-order valence-electron chi connectivity index (χ4n) is 5.03. The van der Waals surface area contributed by atoms with Crippen molar-refractivity contribution in [1.29, 1.82) is 0 Å². The molecular formula is C23H18F8N2O2. The van der Waals surface area contributed by atoms with Crippen molar-refractivity contribution in [2.75, 3.05) is 6.54 Å². The summed E-state index contributed by atoms with van der Waals surface area (Å²) in [6.45, 7) is 0.215. The molecule has 1 saturated heterocycles. The van der Waals surface area contributed by atoms with Crippen molar-refractivity contribution >= 4 is 11.8 Å². The van der Waals surface area contributed by atoms with E-state index in [0.29, 0.717) is 24.1 Å². The van der Waals surface area contributed by atoms with Crippen molar-refractivity contribution in [3.05, 3.63) is 70.0 Å². The number of hydrogen-bond acceptors (Lipinski definition) is 2. The third kappa shape index (κ3) is 3.92. The van der Waals surface area contributed by atoms with Crippen LogP contribution in [0.3, 0.4) is 0 Å². The molecule has 0 saturated carbocycles. The smallest absolute Gasteiger partial charge is 0.366 e. The van der Waals surface area contributed by atoms with Gasteiger partial charge in [0.05, 0.1) is 5.56 Å². The van der Waals surface area contributed by atoms with Gasteiger partial charge in [-0.25, -0.2) is 8.78 Å². The van der Waals surface area contributed by atoms with E-state index in [-0.39, 0.29) is 36.1 Å². The van der Waals surface area contributed by atoms with E-state index >= 15 is 0 Å². The number of alkyl halides is 7. The SMILES string of the molecule is NC(=O)c1ccc(C(=O)N2CCC3c4ccc(C(F)(C(F)(F)F)C(F)(F)F)cc4CCC32)cc1F. The predicted molar refractivity (Wildman–Crippen MR) is 107 cm³/mol. The molecule has 2 aromatic rings. The molecule has 4 rings (SSSR count). The van der Waals surface area contributed by atoms with Crippen LogP contribution in [0.1, 0.15) is 56.2 Å². The second kappa shape index (κ2) is 8.20. The second-order valence-electron chi connectivity index (χ2n) is 8.63. The van der Waals surface area contributed by atoms with Crippen LogP contribution in [0.5, 0.6) is 0 Å². The van der Waals surface area contributed by atoms with E-state index in [0.717, 1.165) is 18.2 Å². The summed E-state index contributed by atoms with van der Waals surface area (Å²) in [6.07, 6.45) is -11.8. The van der Waals surface area contributed by atoms with Gasteiger partial charge < -0.3 is 10.6 Å². The fraction of sp³-hybridized carbons (Fsp3) is 0.391. The minimum Gasteiger partial charge on any atom is -0.366 e. The number of nitrogens with two attached hydrogens (primary N) is 1. The lowest BCUT2D eigenvalue weighted by Crippen LogP contribution is -2.50. The van der Waals surface area contributed by atoms with Crippen molar-refractivity contribution in [3.8, 4) is 0 Å². The average Bonchev–Trinajstić information content (AvgIpc) is 3.20. The average molecular weight is 506 g/mol. The maximum atomic E-state index is 14.5. The Morgan fingerprint density at radius 1 is 0.914 bits per heavy atom. The lowest BCUT2D eigenvalue weighted by molar-refractivity contribution is -0.348. The number of hydrogen-bond donors (Lipinski definition) is 1. The number of amides is 2. The molecule has 2 N–H and O–H groups in total. The Labute approximate surface area is 193 Å². The van der Waals surface area contributed by atoms with Gasteiger partial charge in [0.25, 0.3) is 11.8 Å². The van der Waals surface area contributed by atoms with E-state index in [1.807, 2.05) is 0 Å². The number of carbonyl (C=O) groups is 2. The summed E-state index contributed by atoms with van der Waals surface area (Å²) in [4.78, 5) is 25.7. The summed E-state index contributed by atoms with van der Waals surface area (Å²) >= 11 is 0. The molecule has 2 aromatic carbocycles. The number of likely N-dealkylation sites (tertiary alicyclic amines) is 1. The van der Waals surface area contributed by atoms with Crippen molar-refractivity contribution < 1.29 is 44.7 Å². The molecule has 188 valence electrons. The maximum Gasteiger partial charge on any atom is 0.435 e. The Hall–Kier alpha value is -3.18. The minimum absolute atomic E-state index is 0.0227. The van der Waals surface area contributed by atoms with Crippen LogP contribution in [0.4, 0.5) is 35.1 Å². The summed E-state index contributed by atoms with van der Waals surface area (Å²) in [5, 5.41) is 0. The van der Waals surface area contributed by atoms with Crippen LogP contribution < -0.4 is 5.73 Å². The van der Waals surface area contributed by atoms with Gasteiger partial charge in [-0.15, -0.1) is 0 Å². The second-order valence-corrected chi connectivity index (χ2v) is 8.63. The van der Waals surface area contributed by atoms with E-state index < -0.39 is 53.2 Å². The molecule has 1 aliphatic heterocycles. The van der Waals surface area contributed by atoms with Gasteiger partial charge in [-0.1, -0.05) is 18.2 Å². The van der Waals surface area contributed by atoms with E-state index in [9.17, 15) is 44.7 Å². The van der Waals surface area contributed by atoms with E-state index in [2.05, 4.69) is 0 Å². The summed E-state index contributed by atoms with van der Waals surface area (Å²) in [6, 6.07) is 4.94. The molecule has 2 amide bonds. The molecule has 0 radical (unpaired) electrons. The lowest BCUT2D eigenvalue weighted by atomic mass is 9.77. The van der Waals surface area contributed by atoms with E-state index in [4.69, 9.17) is 5.73 Å². The minimum atomic E-state index is -6.20. The van der Waals surface area contributed by atoms with E-state index in [1.165, 1.54) is 11.0 Å². The number of aryl methyl sites for hydroxylation is 1. The predicted octanol–water partition coefficient (Wildman–Crippen LogP) is 5.16. The number of halogens is 8.